The Morgan fingerprint density at radius 1 is 1.20 bits per heavy atom. The highest BCUT2D eigenvalue weighted by atomic mass is 16.5. The quantitative estimate of drug-likeness (QED) is 0.862. The molecule has 2 aromatic carbocycles. The van der Waals surface area contributed by atoms with Gasteiger partial charge in [0.05, 0.1) is 24.8 Å². The summed E-state index contributed by atoms with van der Waals surface area (Å²) in [6.45, 7) is 3.88. The third kappa shape index (κ3) is 4.17. The summed E-state index contributed by atoms with van der Waals surface area (Å²) < 4.78 is 5.38. The molecule has 0 unspecified atom stereocenters. The van der Waals surface area contributed by atoms with Gasteiger partial charge in [-0.2, -0.15) is 5.26 Å². The summed E-state index contributed by atoms with van der Waals surface area (Å²) in [4.78, 5) is 16.5. The average Bonchev–Trinajstić information content (AvgIpc) is 2.68. The van der Waals surface area contributed by atoms with Crippen molar-refractivity contribution in [2.24, 2.45) is 0 Å². The highest BCUT2D eigenvalue weighted by Gasteiger charge is 2.14. The average molecular weight is 335 g/mol. The van der Waals surface area contributed by atoms with Gasteiger partial charge in [-0.05, 0) is 35.9 Å². The largest absolute Gasteiger partial charge is 0.378 e. The molecule has 1 amide bonds. The van der Waals surface area contributed by atoms with Crippen LogP contribution in [0.2, 0.25) is 0 Å². The number of nitrogens with zero attached hydrogens (tertiary/aromatic N) is 3. The number of amides is 1. The maximum Gasteiger partial charge on any atom is 0.253 e. The van der Waals surface area contributed by atoms with Crippen LogP contribution < -0.4 is 4.90 Å². The molecule has 3 rings (SSSR count). The Hall–Kier alpha value is -2.84. The standard InChI is InChI=1S/C20H21N3O2/c1-22(20(24)18-4-2-3-17(13-18)14-21)15-16-5-7-19(8-6-16)23-9-11-25-12-10-23/h2-8,13H,9-12,15H2,1H3. The number of benzene rings is 2. The van der Waals surface area contributed by atoms with Crippen molar-refractivity contribution in [3.05, 3.63) is 65.2 Å². The molecular weight excluding hydrogens is 314 g/mol. The van der Waals surface area contributed by atoms with Gasteiger partial charge in [0.2, 0.25) is 0 Å². The van der Waals surface area contributed by atoms with Crippen molar-refractivity contribution in [2.75, 3.05) is 38.3 Å². The zero-order valence-electron chi connectivity index (χ0n) is 14.3. The molecule has 0 spiro atoms. The summed E-state index contributed by atoms with van der Waals surface area (Å²) in [6.07, 6.45) is 0. The third-order valence-electron chi connectivity index (χ3n) is 4.32. The number of ether oxygens (including phenoxy) is 1. The van der Waals surface area contributed by atoms with Crippen LogP contribution in [0.1, 0.15) is 21.5 Å². The molecule has 0 aromatic heterocycles. The number of nitriles is 1. The molecule has 128 valence electrons. The van der Waals surface area contributed by atoms with Crippen molar-refractivity contribution in [3.8, 4) is 6.07 Å². The summed E-state index contributed by atoms with van der Waals surface area (Å²) in [5, 5.41) is 8.96. The third-order valence-corrected chi connectivity index (χ3v) is 4.32. The van der Waals surface area contributed by atoms with Gasteiger partial charge < -0.3 is 14.5 Å². The first-order valence-electron chi connectivity index (χ1n) is 8.34. The minimum atomic E-state index is -0.0886. The molecule has 5 heteroatoms. The molecule has 5 nitrogen and oxygen atoms in total. The Morgan fingerprint density at radius 3 is 2.60 bits per heavy atom. The maximum absolute atomic E-state index is 12.5. The first kappa shape index (κ1) is 17.0. The summed E-state index contributed by atoms with van der Waals surface area (Å²) in [5.41, 5.74) is 3.28. The van der Waals surface area contributed by atoms with E-state index < -0.39 is 0 Å². The normalized spacial score (nSPS) is 14.0. The molecule has 0 atom stereocenters. The van der Waals surface area contributed by atoms with Crippen molar-refractivity contribution in [1.29, 1.82) is 5.26 Å². The molecule has 1 saturated heterocycles. The Morgan fingerprint density at radius 2 is 1.92 bits per heavy atom. The van der Waals surface area contributed by atoms with Gasteiger partial charge in [-0.3, -0.25) is 4.79 Å². The summed E-state index contributed by atoms with van der Waals surface area (Å²) in [5.74, 6) is -0.0886. The lowest BCUT2D eigenvalue weighted by molar-refractivity contribution is 0.0785. The second-order valence-corrected chi connectivity index (χ2v) is 6.12. The number of rotatable bonds is 4. The van der Waals surface area contributed by atoms with Gasteiger partial charge in [0, 0.05) is 37.9 Å². The molecule has 0 saturated carbocycles. The lowest BCUT2D eigenvalue weighted by Gasteiger charge is -2.29. The molecule has 1 fully saturated rings. The number of carbonyl (C=O) groups is 1. The zero-order chi connectivity index (χ0) is 17.6. The smallest absolute Gasteiger partial charge is 0.253 e. The van der Waals surface area contributed by atoms with Gasteiger partial charge >= 0.3 is 0 Å². The van der Waals surface area contributed by atoms with Crippen molar-refractivity contribution < 1.29 is 9.53 Å². The van der Waals surface area contributed by atoms with Crippen LogP contribution >= 0.6 is 0 Å². The fourth-order valence-electron chi connectivity index (χ4n) is 2.92. The number of carbonyl (C=O) groups excluding carboxylic acids is 1. The SMILES string of the molecule is CN(Cc1ccc(N2CCOCC2)cc1)C(=O)c1cccc(C#N)c1. The molecule has 2 aromatic rings. The van der Waals surface area contributed by atoms with E-state index in [0.29, 0.717) is 17.7 Å². The van der Waals surface area contributed by atoms with Crippen LogP contribution in [0, 0.1) is 11.3 Å². The fraction of sp³-hybridized carbons (Fsp3) is 0.300. The Balaban J connectivity index is 1.64. The molecule has 25 heavy (non-hydrogen) atoms. The number of morpholine rings is 1. The van der Waals surface area contributed by atoms with Crippen LogP contribution in [0.5, 0.6) is 0 Å². The molecule has 0 N–H and O–H groups in total. The molecule has 1 aliphatic heterocycles. The number of hydrogen-bond acceptors (Lipinski definition) is 4. The Labute approximate surface area is 148 Å². The van der Waals surface area contributed by atoms with E-state index in [1.807, 2.05) is 0 Å². The second-order valence-electron chi connectivity index (χ2n) is 6.12. The predicted molar refractivity (Wildman–Crippen MR) is 96.4 cm³/mol. The van der Waals surface area contributed by atoms with Gasteiger partial charge in [0.25, 0.3) is 5.91 Å². The van der Waals surface area contributed by atoms with E-state index in [9.17, 15) is 4.79 Å². The molecule has 0 aliphatic carbocycles. The van der Waals surface area contributed by atoms with E-state index in [1.165, 1.54) is 5.69 Å². The van der Waals surface area contributed by atoms with Gasteiger partial charge in [-0.25, -0.2) is 0 Å². The summed E-state index contributed by atoms with van der Waals surface area (Å²) in [7, 11) is 1.78. The van der Waals surface area contributed by atoms with Crippen LogP contribution in [0.25, 0.3) is 0 Å². The van der Waals surface area contributed by atoms with Crippen LogP contribution in [-0.2, 0) is 11.3 Å². The van der Waals surface area contributed by atoms with Crippen molar-refractivity contribution in [3.63, 3.8) is 0 Å². The highest BCUT2D eigenvalue weighted by Crippen LogP contribution is 2.18. The van der Waals surface area contributed by atoms with Gasteiger partial charge in [0.15, 0.2) is 0 Å². The zero-order valence-corrected chi connectivity index (χ0v) is 14.3. The molecular formula is C20H21N3O2. The van der Waals surface area contributed by atoms with E-state index in [1.54, 1.807) is 36.2 Å². The van der Waals surface area contributed by atoms with Crippen molar-refractivity contribution in [1.82, 2.24) is 4.90 Å². The summed E-state index contributed by atoms with van der Waals surface area (Å²) in [6, 6.07) is 17.2. The monoisotopic (exact) mass is 335 g/mol. The summed E-state index contributed by atoms with van der Waals surface area (Å²) >= 11 is 0. The lowest BCUT2D eigenvalue weighted by atomic mass is 10.1. The Kier molecular flexibility index (Phi) is 5.32. The number of anilines is 1. The molecule has 0 radical (unpaired) electrons. The van der Waals surface area contributed by atoms with Gasteiger partial charge in [-0.1, -0.05) is 18.2 Å². The molecule has 1 heterocycles. The topological polar surface area (TPSA) is 56.6 Å². The van der Waals surface area contributed by atoms with Crippen LogP contribution in [0.3, 0.4) is 0 Å². The van der Waals surface area contributed by atoms with Crippen molar-refractivity contribution in [2.45, 2.75) is 6.54 Å². The van der Waals surface area contributed by atoms with Crippen molar-refractivity contribution >= 4 is 11.6 Å². The minimum Gasteiger partial charge on any atom is -0.378 e. The van der Waals surface area contributed by atoms with Gasteiger partial charge in [0.1, 0.15) is 0 Å². The maximum atomic E-state index is 12.5. The first-order chi connectivity index (χ1) is 12.2. The van der Waals surface area contributed by atoms with E-state index in [0.717, 1.165) is 31.9 Å². The molecule has 0 bridgehead atoms. The van der Waals surface area contributed by atoms with Crippen LogP contribution in [0.4, 0.5) is 5.69 Å². The van der Waals surface area contributed by atoms with Crippen LogP contribution in [-0.4, -0.2) is 44.2 Å². The lowest BCUT2D eigenvalue weighted by Crippen LogP contribution is -2.36. The van der Waals surface area contributed by atoms with Gasteiger partial charge in [-0.15, -0.1) is 0 Å². The second kappa shape index (κ2) is 7.82. The highest BCUT2D eigenvalue weighted by molar-refractivity contribution is 5.94. The number of hydrogen-bond donors (Lipinski definition) is 0. The minimum absolute atomic E-state index is 0.0886. The van der Waals surface area contributed by atoms with E-state index in [4.69, 9.17) is 10.00 Å². The van der Waals surface area contributed by atoms with E-state index in [2.05, 4.69) is 35.2 Å². The molecule has 1 aliphatic rings. The van der Waals surface area contributed by atoms with E-state index >= 15 is 0 Å². The van der Waals surface area contributed by atoms with Crippen LogP contribution in [0.15, 0.2) is 48.5 Å². The predicted octanol–water partition coefficient (Wildman–Crippen LogP) is 2.67. The first-order valence-corrected chi connectivity index (χ1v) is 8.34. The Bertz CT molecular complexity index is 774. The fourth-order valence-corrected chi connectivity index (χ4v) is 2.92. The van der Waals surface area contributed by atoms with E-state index in [-0.39, 0.29) is 5.91 Å².